The number of hydrogen-bond acceptors (Lipinski definition) is 4. The zero-order valence-electron chi connectivity index (χ0n) is 18.0. The maximum absolute atomic E-state index is 13.8. The molecule has 0 spiro atoms. The highest BCUT2D eigenvalue weighted by Gasteiger charge is 2.14. The number of carbonyl (C=O) groups is 1. The summed E-state index contributed by atoms with van der Waals surface area (Å²) in [6.07, 6.45) is 2.98. The van der Waals surface area contributed by atoms with Gasteiger partial charge in [-0.1, -0.05) is 35.9 Å². The van der Waals surface area contributed by atoms with Gasteiger partial charge in [0.2, 0.25) is 5.91 Å². The number of hydrazone groups is 1. The van der Waals surface area contributed by atoms with Gasteiger partial charge in [0.1, 0.15) is 18.2 Å². The Morgan fingerprint density at radius 1 is 1.06 bits per heavy atom. The second-order valence-electron chi connectivity index (χ2n) is 7.57. The molecule has 0 radical (unpaired) electrons. The number of rotatable bonds is 7. The monoisotopic (exact) mass is 482 g/mol. The number of amides is 1. The number of benzene rings is 3. The number of para-hydroxylation sites is 1. The average Bonchev–Trinajstić information content (AvgIpc) is 3.13. The molecule has 0 aliphatic rings. The Bertz CT molecular complexity index is 1500. The quantitative estimate of drug-likeness (QED) is 0.306. The van der Waals surface area contributed by atoms with Crippen LogP contribution in [0.2, 0.25) is 0 Å². The molecule has 10 heteroatoms. The highest BCUT2D eigenvalue weighted by atomic mass is 32.2. The van der Waals surface area contributed by atoms with Gasteiger partial charge in [-0.3, -0.25) is 4.79 Å². The Hall–Kier alpha value is -4.05. The molecule has 0 aliphatic heterocycles. The van der Waals surface area contributed by atoms with Crippen molar-refractivity contribution in [3.8, 4) is 0 Å². The van der Waals surface area contributed by atoms with E-state index in [2.05, 4.69) is 15.2 Å². The first-order valence-corrected chi connectivity index (χ1v) is 11.7. The summed E-state index contributed by atoms with van der Waals surface area (Å²) in [5.41, 5.74) is 2.07. The van der Waals surface area contributed by atoms with Gasteiger partial charge in [0.15, 0.2) is 0 Å². The Kier molecular flexibility index (Phi) is 6.42. The molecule has 0 aliphatic carbocycles. The molecular weight excluding hydrogens is 462 g/mol. The first-order valence-electron chi connectivity index (χ1n) is 10.2. The summed E-state index contributed by atoms with van der Waals surface area (Å²) in [6.45, 7) is 1.70. The van der Waals surface area contributed by atoms with Gasteiger partial charge in [0.05, 0.1) is 16.8 Å². The number of nitrogens with one attached hydrogen (secondary N) is 2. The number of fused-ring (bicyclic) bond motifs is 1. The molecule has 0 atom stereocenters. The van der Waals surface area contributed by atoms with Crippen LogP contribution in [0.3, 0.4) is 0 Å². The summed E-state index contributed by atoms with van der Waals surface area (Å²) in [6, 6.07) is 16.4. The summed E-state index contributed by atoms with van der Waals surface area (Å²) < 4.78 is 53.4. The average molecular weight is 483 g/mol. The van der Waals surface area contributed by atoms with Gasteiger partial charge in [-0.15, -0.1) is 0 Å². The van der Waals surface area contributed by atoms with Crippen LogP contribution in [0.1, 0.15) is 11.1 Å². The summed E-state index contributed by atoms with van der Waals surface area (Å²) in [5, 5.41) is 7.04. The third-order valence-electron chi connectivity index (χ3n) is 5.05. The predicted molar refractivity (Wildman–Crippen MR) is 126 cm³/mol. The molecule has 4 aromatic rings. The van der Waals surface area contributed by atoms with E-state index in [0.717, 1.165) is 23.1 Å². The number of aromatic nitrogens is 1. The Balaban J connectivity index is 1.53. The van der Waals surface area contributed by atoms with Gasteiger partial charge in [-0.2, -0.15) is 13.5 Å². The smallest absolute Gasteiger partial charge is 0.276 e. The summed E-state index contributed by atoms with van der Waals surface area (Å²) in [7, 11) is -3.84. The van der Waals surface area contributed by atoms with Crippen LogP contribution in [0.4, 0.5) is 14.5 Å². The summed E-state index contributed by atoms with van der Waals surface area (Å²) in [4.78, 5) is 14.7. The maximum Gasteiger partial charge on any atom is 0.276 e. The lowest BCUT2D eigenvalue weighted by Crippen LogP contribution is -2.19. The molecule has 0 saturated heterocycles. The van der Waals surface area contributed by atoms with Crippen molar-refractivity contribution in [2.75, 3.05) is 5.32 Å². The molecule has 0 saturated carbocycles. The molecule has 0 unspecified atom stereocenters. The van der Waals surface area contributed by atoms with Gasteiger partial charge in [-0.05, 0) is 37.3 Å². The van der Waals surface area contributed by atoms with Crippen molar-refractivity contribution in [3.63, 3.8) is 0 Å². The zero-order chi connectivity index (χ0) is 24.3. The molecule has 1 heterocycles. The molecule has 3 aromatic carbocycles. The van der Waals surface area contributed by atoms with E-state index >= 15 is 0 Å². The van der Waals surface area contributed by atoms with Crippen LogP contribution in [0.25, 0.3) is 10.9 Å². The van der Waals surface area contributed by atoms with Crippen molar-refractivity contribution in [1.82, 2.24) is 9.40 Å². The van der Waals surface area contributed by atoms with E-state index in [1.54, 1.807) is 47.2 Å². The summed E-state index contributed by atoms with van der Waals surface area (Å²) in [5.74, 6) is -2.14. The van der Waals surface area contributed by atoms with Gasteiger partial charge in [0, 0.05) is 28.7 Å². The molecule has 0 fully saturated rings. The molecule has 174 valence electrons. The van der Waals surface area contributed by atoms with Crippen LogP contribution in [0.15, 0.2) is 82.9 Å². The number of nitrogens with zero attached hydrogens (tertiary/aromatic N) is 2. The van der Waals surface area contributed by atoms with Crippen molar-refractivity contribution in [3.05, 3.63) is 95.7 Å². The Morgan fingerprint density at radius 3 is 2.53 bits per heavy atom. The second-order valence-corrected chi connectivity index (χ2v) is 9.23. The lowest BCUT2D eigenvalue weighted by Gasteiger charge is -2.08. The van der Waals surface area contributed by atoms with Gasteiger partial charge >= 0.3 is 0 Å². The minimum absolute atomic E-state index is 0.0855. The highest BCUT2D eigenvalue weighted by Crippen LogP contribution is 2.21. The lowest BCUT2D eigenvalue weighted by molar-refractivity contribution is -0.116. The minimum Gasteiger partial charge on any atom is -0.337 e. The standard InChI is InChI=1S/C24H20F2N4O3S/c1-16-6-9-19(10-7-16)34(32,33)29-27-13-17-14-30(23-5-3-2-4-20(17)23)15-24(31)28-22-11-8-18(25)12-21(22)26/h2-14,29H,15H2,1H3,(H,28,31)/b27-13+. The van der Waals surface area contributed by atoms with Crippen molar-refractivity contribution in [1.29, 1.82) is 0 Å². The number of anilines is 1. The first-order chi connectivity index (χ1) is 16.2. The van der Waals surface area contributed by atoms with E-state index in [-0.39, 0.29) is 17.1 Å². The molecule has 34 heavy (non-hydrogen) atoms. The van der Waals surface area contributed by atoms with E-state index in [1.807, 2.05) is 6.92 Å². The van der Waals surface area contributed by atoms with Crippen LogP contribution in [0, 0.1) is 18.6 Å². The number of sulfonamides is 1. The van der Waals surface area contributed by atoms with Crippen LogP contribution >= 0.6 is 0 Å². The van der Waals surface area contributed by atoms with Crippen LogP contribution < -0.4 is 10.1 Å². The van der Waals surface area contributed by atoms with E-state index in [4.69, 9.17) is 0 Å². The topological polar surface area (TPSA) is 92.6 Å². The molecule has 2 N–H and O–H groups in total. The van der Waals surface area contributed by atoms with E-state index in [1.165, 1.54) is 18.3 Å². The molecule has 7 nitrogen and oxygen atoms in total. The summed E-state index contributed by atoms with van der Waals surface area (Å²) >= 11 is 0. The minimum atomic E-state index is -3.84. The molecule has 4 rings (SSSR count). The fourth-order valence-electron chi connectivity index (χ4n) is 3.38. The fourth-order valence-corrected chi connectivity index (χ4v) is 4.17. The van der Waals surface area contributed by atoms with E-state index < -0.39 is 27.6 Å². The fraction of sp³-hybridized carbons (Fsp3) is 0.0833. The predicted octanol–water partition coefficient (Wildman–Crippen LogP) is 4.18. The highest BCUT2D eigenvalue weighted by molar-refractivity contribution is 7.89. The second kappa shape index (κ2) is 9.44. The molecular formula is C24H20F2N4O3S. The lowest BCUT2D eigenvalue weighted by atomic mass is 10.2. The van der Waals surface area contributed by atoms with Crippen molar-refractivity contribution >= 4 is 38.7 Å². The maximum atomic E-state index is 13.8. The van der Waals surface area contributed by atoms with Crippen LogP contribution in [0.5, 0.6) is 0 Å². The third kappa shape index (κ3) is 5.12. The van der Waals surface area contributed by atoms with Gasteiger partial charge in [0.25, 0.3) is 10.0 Å². The SMILES string of the molecule is Cc1ccc(S(=O)(=O)N/N=C/c2cn(CC(=O)Nc3ccc(F)cc3F)c3ccccc23)cc1. The zero-order valence-corrected chi connectivity index (χ0v) is 18.8. The number of halogens is 2. The Morgan fingerprint density at radius 2 is 1.79 bits per heavy atom. The van der Waals surface area contributed by atoms with Crippen LogP contribution in [-0.2, 0) is 21.4 Å². The molecule has 1 amide bonds. The number of carbonyl (C=O) groups excluding carboxylic acids is 1. The number of hydrogen-bond donors (Lipinski definition) is 2. The third-order valence-corrected chi connectivity index (χ3v) is 6.28. The Labute approximate surface area is 194 Å². The van der Waals surface area contributed by atoms with E-state index in [0.29, 0.717) is 17.1 Å². The van der Waals surface area contributed by atoms with Crippen molar-refractivity contribution < 1.29 is 22.0 Å². The van der Waals surface area contributed by atoms with Gasteiger partial charge in [-0.25, -0.2) is 13.6 Å². The molecule has 1 aromatic heterocycles. The molecule has 0 bridgehead atoms. The van der Waals surface area contributed by atoms with E-state index in [9.17, 15) is 22.0 Å². The van der Waals surface area contributed by atoms with Crippen molar-refractivity contribution in [2.24, 2.45) is 5.10 Å². The largest absolute Gasteiger partial charge is 0.337 e. The first kappa shape index (κ1) is 23.1. The van der Waals surface area contributed by atoms with Crippen molar-refractivity contribution in [2.45, 2.75) is 18.4 Å². The van der Waals surface area contributed by atoms with Gasteiger partial charge < -0.3 is 9.88 Å². The van der Waals surface area contributed by atoms with Crippen LogP contribution in [-0.4, -0.2) is 25.1 Å². The number of aryl methyl sites for hydroxylation is 1. The normalized spacial score (nSPS) is 11.7.